The summed E-state index contributed by atoms with van der Waals surface area (Å²) in [5.74, 6) is -0.402. The van der Waals surface area contributed by atoms with Crippen LogP contribution in [-0.4, -0.2) is 28.8 Å². The highest BCUT2D eigenvalue weighted by molar-refractivity contribution is 9.10. The molecule has 0 aliphatic heterocycles. The third-order valence-corrected chi connectivity index (χ3v) is 3.26. The van der Waals surface area contributed by atoms with Crippen molar-refractivity contribution in [3.05, 3.63) is 62.6 Å². The maximum atomic E-state index is 11.6. The lowest BCUT2D eigenvalue weighted by atomic mass is 10.2. The zero-order valence-electron chi connectivity index (χ0n) is 12.2. The second-order valence-corrected chi connectivity index (χ2v) is 5.46. The fraction of sp³-hybridized carbons (Fsp3) is 0.0667. The van der Waals surface area contributed by atoms with Gasteiger partial charge in [-0.3, -0.25) is 14.9 Å². The van der Waals surface area contributed by atoms with Gasteiger partial charge in [0, 0.05) is 16.1 Å². The number of phenols is 1. The SMILES string of the molecule is O=C(COc1cccc(Br)c1)N/N=C/c1ccc(O)c([N+](=O)[O-])c1. The summed E-state index contributed by atoms with van der Waals surface area (Å²) in [6.45, 7) is -0.233. The van der Waals surface area contributed by atoms with Crippen molar-refractivity contribution in [3.63, 3.8) is 0 Å². The van der Waals surface area contributed by atoms with Gasteiger partial charge in [-0.25, -0.2) is 5.43 Å². The van der Waals surface area contributed by atoms with E-state index in [1.54, 1.807) is 18.2 Å². The molecule has 1 amide bonds. The number of nitro groups is 1. The number of amides is 1. The van der Waals surface area contributed by atoms with E-state index in [9.17, 15) is 20.0 Å². The second-order valence-electron chi connectivity index (χ2n) is 4.54. The Morgan fingerprint density at radius 2 is 2.17 bits per heavy atom. The standard InChI is InChI=1S/C15H12BrN3O5/c16-11-2-1-3-12(7-11)24-9-15(21)18-17-8-10-4-5-14(20)13(6-10)19(22)23/h1-8,20H,9H2,(H,18,21)/b17-8+. The number of hydrazone groups is 1. The molecule has 2 aromatic carbocycles. The summed E-state index contributed by atoms with van der Waals surface area (Å²) in [4.78, 5) is 21.6. The summed E-state index contributed by atoms with van der Waals surface area (Å²) in [7, 11) is 0. The van der Waals surface area contributed by atoms with Crippen LogP contribution in [0, 0.1) is 10.1 Å². The van der Waals surface area contributed by atoms with Crippen LogP contribution in [0.4, 0.5) is 5.69 Å². The first kappa shape index (κ1) is 17.4. The topological polar surface area (TPSA) is 114 Å². The molecule has 0 bridgehead atoms. The van der Waals surface area contributed by atoms with Crippen LogP contribution in [0.15, 0.2) is 52.0 Å². The Morgan fingerprint density at radius 3 is 2.88 bits per heavy atom. The Kier molecular flexibility index (Phi) is 5.85. The molecule has 0 heterocycles. The maximum absolute atomic E-state index is 11.6. The highest BCUT2D eigenvalue weighted by Gasteiger charge is 2.12. The molecule has 0 saturated carbocycles. The van der Waals surface area contributed by atoms with Crippen LogP contribution in [0.3, 0.4) is 0 Å². The number of nitrogens with zero attached hydrogens (tertiary/aromatic N) is 2. The number of halogens is 1. The molecule has 9 heteroatoms. The molecule has 8 nitrogen and oxygen atoms in total. The van der Waals surface area contributed by atoms with Crippen LogP contribution < -0.4 is 10.2 Å². The van der Waals surface area contributed by atoms with Gasteiger partial charge in [-0.05, 0) is 30.3 Å². The van der Waals surface area contributed by atoms with Crippen molar-refractivity contribution in [2.45, 2.75) is 0 Å². The monoisotopic (exact) mass is 393 g/mol. The van der Waals surface area contributed by atoms with Crippen LogP contribution in [0.5, 0.6) is 11.5 Å². The molecule has 2 rings (SSSR count). The van der Waals surface area contributed by atoms with Gasteiger partial charge < -0.3 is 9.84 Å². The van der Waals surface area contributed by atoms with Crippen molar-refractivity contribution >= 4 is 33.7 Å². The Morgan fingerprint density at radius 1 is 1.38 bits per heavy atom. The van der Waals surface area contributed by atoms with E-state index in [1.165, 1.54) is 18.3 Å². The first-order valence-corrected chi connectivity index (χ1v) is 7.42. The number of benzene rings is 2. The number of rotatable bonds is 6. The van der Waals surface area contributed by atoms with Crippen LogP contribution in [0.2, 0.25) is 0 Å². The predicted octanol–water partition coefficient (Wildman–Crippen LogP) is 2.59. The average molecular weight is 394 g/mol. The van der Waals surface area contributed by atoms with E-state index in [1.807, 2.05) is 6.07 Å². The fourth-order valence-electron chi connectivity index (χ4n) is 1.68. The van der Waals surface area contributed by atoms with Crippen LogP contribution in [0.25, 0.3) is 0 Å². The van der Waals surface area contributed by atoms with Crippen LogP contribution >= 0.6 is 15.9 Å². The molecule has 0 fully saturated rings. The normalized spacial score (nSPS) is 10.5. The van der Waals surface area contributed by atoms with Crippen molar-refractivity contribution in [1.29, 1.82) is 0 Å². The Bertz CT molecular complexity index is 794. The number of carbonyl (C=O) groups is 1. The van der Waals surface area contributed by atoms with Gasteiger partial charge in [-0.2, -0.15) is 5.10 Å². The van der Waals surface area contributed by atoms with E-state index in [0.717, 1.165) is 10.5 Å². The number of hydrogen-bond donors (Lipinski definition) is 2. The molecule has 0 aromatic heterocycles. The number of aromatic hydroxyl groups is 1. The van der Waals surface area contributed by atoms with Gasteiger partial charge in [0.2, 0.25) is 0 Å². The van der Waals surface area contributed by atoms with Gasteiger partial charge in [-0.15, -0.1) is 0 Å². The zero-order chi connectivity index (χ0) is 17.5. The van der Waals surface area contributed by atoms with Crippen LogP contribution in [-0.2, 0) is 4.79 Å². The van der Waals surface area contributed by atoms with Gasteiger partial charge in [0.25, 0.3) is 5.91 Å². The molecule has 0 saturated heterocycles. The van der Waals surface area contributed by atoms with Crippen molar-refractivity contribution in [2.24, 2.45) is 5.10 Å². The first-order valence-electron chi connectivity index (χ1n) is 6.63. The summed E-state index contributed by atoms with van der Waals surface area (Å²) in [6, 6.07) is 10.8. The summed E-state index contributed by atoms with van der Waals surface area (Å²) in [5.41, 5.74) is 2.15. The molecule has 24 heavy (non-hydrogen) atoms. The van der Waals surface area contributed by atoms with Crippen LogP contribution in [0.1, 0.15) is 5.56 Å². The average Bonchev–Trinajstić information content (AvgIpc) is 2.54. The minimum absolute atomic E-state index is 0.233. The van der Waals surface area contributed by atoms with Crippen molar-refractivity contribution in [3.8, 4) is 11.5 Å². The maximum Gasteiger partial charge on any atom is 0.311 e. The van der Waals surface area contributed by atoms with Crippen molar-refractivity contribution < 1.29 is 19.6 Å². The van der Waals surface area contributed by atoms with E-state index < -0.39 is 22.3 Å². The fourth-order valence-corrected chi connectivity index (χ4v) is 2.06. The minimum atomic E-state index is -0.711. The summed E-state index contributed by atoms with van der Waals surface area (Å²) in [5, 5.41) is 23.7. The highest BCUT2D eigenvalue weighted by Crippen LogP contribution is 2.25. The van der Waals surface area contributed by atoms with E-state index in [-0.39, 0.29) is 6.61 Å². The zero-order valence-corrected chi connectivity index (χ0v) is 13.8. The molecule has 0 spiro atoms. The van der Waals surface area contributed by atoms with Gasteiger partial charge >= 0.3 is 5.69 Å². The lowest BCUT2D eigenvalue weighted by Gasteiger charge is -2.05. The Labute approximate surface area is 145 Å². The molecule has 0 atom stereocenters. The number of phenolic OH excluding ortho intramolecular Hbond substituents is 1. The Balaban J connectivity index is 1.88. The Hall–Kier alpha value is -2.94. The molecule has 0 aliphatic rings. The summed E-state index contributed by atoms with van der Waals surface area (Å²) in [6.07, 6.45) is 1.23. The van der Waals surface area contributed by atoms with Crippen molar-refractivity contribution in [2.75, 3.05) is 6.61 Å². The van der Waals surface area contributed by atoms with E-state index in [2.05, 4.69) is 26.5 Å². The largest absolute Gasteiger partial charge is 0.502 e. The van der Waals surface area contributed by atoms with Gasteiger partial charge in [0.15, 0.2) is 12.4 Å². The van der Waals surface area contributed by atoms with E-state index >= 15 is 0 Å². The molecule has 0 radical (unpaired) electrons. The summed E-state index contributed by atoms with van der Waals surface area (Å²) >= 11 is 3.29. The lowest BCUT2D eigenvalue weighted by Crippen LogP contribution is -2.24. The molecule has 2 N–H and O–H groups in total. The minimum Gasteiger partial charge on any atom is -0.502 e. The predicted molar refractivity (Wildman–Crippen MR) is 90.1 cm³/mol. The highest BCUT2D eigenvalue weighted by atomic mass is 79.9. The van der Waals surface area contributed by atoms with Gasteiger partial charge in [-0.1, -0.05) is 22.0 Å². The smallest absolute Gasteiger partial charge is 0.311 e. The molecule has 0 unspecified atom stereocenters. The van der Waals surface area contributed by atoms with E-state index in [0.29, 0.717) is 11.3 Å². The number of carbonyl (C=O) groups excluding carboxylic acids is 1. The molecular formula is C15H12BrN3O5. The molecular weight excluding hydrogens is 382 g/mol. The number of nitrogens with one attached hydrogen (secondary N) is 1. The quantitative estimate of drug-likeness (QED) is 0.444. The molecule has 124 valence electrons. The molecule has 0 aliphatic carbocycles. The van der Waals surface area contributed by atoms with E-state index in [4.69, 9.17) is 4.74 Å². The number of nitro benzene ring substituents is 1. The third kappa shape index (κ3) is 5.06. The van der Waals surface area contributed by atoms with Gasteiger partial charge in [0.05, 0.1) is 11.1 Å². The first-order chi connectivity index (χ1) is 11.5. The molecule has 2 aromatic rings. The number of ether oxygens (including phenoxy) is 1. The van der Waals surface area contributed by atoms with Crippen molar-refractivity contribution in [1.82, 2.24) is 5.43 Å². The number of hydrogen-bond acceptors (Lipinski definition) is 6. The third-order valence-electron chi connectivity index (χ3n) is 2.77. The second kappa shape index (κ2) is 8.06. The summed E-state index contributed by atoms with van der Waals surface area (Å²) < 4.78 is 6.11. The van der Waals surface area contributed by atoms with Gasteiger partial charge in [0.1, 0.15) is 5.75 Å². The lowest BCUT2D eigenvalue weighted by molar-refractivity contribution is -0.385.